The predicted octanol–water partition coefficient (Wildman–Crippen LogP) is 2.36. The molecule has 0 amide bonds. The van der Waals surface area contributed by atoms with Crippen molar-refractivity contribution in [2.24, 2.45) is 0 Å². The van der Waals surface area contributed by atoms with Gasteiger partial charge in [-0.25, -0.2) is 0 Å². The van der Waals surface area contributed by atoms with E-state index in [1.54, 1.807) is 0 Å². The second-order valence-corrected chi connectivity index (χ2v) is 3.39. The van der Waals surface area contributed by atoms with Crippen molar-refractivity contribution in [1.82, 2.24) is 0 Å². The summed E-state index contributed by atoms with van der Waals surface area (Å²) in [7, 11) is 0. The van der Waals surface area contributed by atoms with Crippen LogP contribution in [0.1, 0.15) is 18.4 Å². The van der Waals surface area contributed by atoms with Gasteiger partial charge in [0.25, 0.3) is 0 Å². The van der Waals surface area contributed by atoms with Crippen molar-refractivity contribution in [3.05, 3.63) is 35.9 Å². The molecule has 0 spiro atoms. The van der Waals surface area contributed by atoms with Gasteiger partial charge in [0.15, 0.2) is 0 Å². The van der Waals surface area contributed by atoms with E-state index in [2.05, 4.69) is 55.2 Å². The molecule has 0 unspecified atom stereocenters. The van der Waals surface area contributed by atoms with E-state index >= 15 is 0 Å². The zero-order chi connectivity index (χ0) is 7.94. The molecule has 0 aromatic heterocycles. The molecule has 1 heteroatoms. The molecule has 0 fully saturated rings. The maximum absolute atomic E-state index is 2.47. The Balaban J connectivity index is 2.33. The SMILES string of the molecule is [Au]=[CH]CCCc1ccccc1. The van der Waals surface area contributed by atoms with Gasteiger partial charge in [0.05, 0.1) is 0 Å². The molecular weight excluding hydrogens is 317 g/mol. The first-order chi connectivity index (χ1) is 5.43. The molecular formula is C10H12Au. The molecule has 0 nitrogen and oxygen atoms in total. The Hall–Kier alpha value is -0.170. The molecule has 0 aliphatic heterocycles. The zero-order valence-corrected chi connectivity index (χ0v) is 8.55. The van der Waals surface area contributed by atoms with Gasteiger partial charge in [-0.3, -0.25) is 0 Å². The van der Waals surface area contributed by atoms with Gasteiger partial charge in [-0.15, -0.1) is 0 Å². The number of aryl methyl sites for hydroxylation is 1. The molecule has 0 saturated carbocycles. The molecule has 0 bridgehead atoms. The summed E-state index contributed by atoms with van der Waals surface area (Å²) in [4.78, 5) is 0. The Labute approximate surface area is 80.0 Å². The summed E-state index contributed by atoms with van der Waals surface area (Å²) in [5.74, 6) is 0. The van der Waals surface area contributed by atoms with Crippen molar-refractivity contribution in [2.75, 3.05) is 0 Å². The normalized spacial score (nSPS) is 9.64. The monoisotopic (exact) mass is 329 g/mol. The quantitative estimate of drug-likeness (QED) is 0.588. The second-order valence-electron chi connectivity index (χ2n) is 2.50. The Morgan fingerprint density at radius 3 is 2.55 bits per heavy atom. The average Bonchev–Trinajstić information content (AvgIpc) is 2.07. The molecule has 0 aliphatic rings. The topological polar surface area (TPSA) is 0 Å². The third-order valence-electron chi connectivity index (χ3n) is 1.60. The average molecular weight is 329 g/mol. The molecule has 0 radical (unpaired) electrons. The van der Waals surface area contributed by atoms with Gasteiger partial charge in [0.1, 0.15) is 0 Å². The van der Waals surface area contributed by atoms with Gasteiger partial charge < -0.3 is 0 Å². The maximum atomic E-state index is 2.47. The van der Waals surface area contributed by atoms with Crippen molar-refractivity contribution >= 4 is 4.23 Å². The van der Waals surface area contributed by atoms with Crippen molar-refractivity contribution in [3.8, 4) is 0 Å². The molecule has 63 valence electrons. The van der Waals surface area contributed by atoms with Crippen molar-refractivity contribution in [3.63, 3.8) is 0 Å². The Bertz CT molecular complexity index is 203. The van der Waals surface area contributed by atoms with E-state index in [-0.39, 0.29) is 0 Å². The predicted molar refractivity (Wildman–Crippen MR) is 45.4 cm³/mol. The summed E-state index contributed by atoms with van der Waals surface area (Å²) in [5.41, 5.74) is 1.45. The molecule has 1 rings (SSSR count). The van der Waals surface area contributed by atoms with Gasteiger partial charge in [-0.05, 0) is 0 Å². The van der Waals surface area contributed by atoms with Crippen LogP contribution in [-0.2, 0) is 27.0 Å². The molecule has 0 saturated heterocycles. The van der Waals surface area contributed by atoms with Crippen LogP contribution in [0, 0.1) is 0 Å². The van der Waals surface area contributed by atoms with Crippen LogP contribution in [0.15, 0.2) is 30.3 Å². The summed E-state index contributed by atoms with van der Waals surface area (Å²) in [6.45, 7) is 0. The van der Waals surface area contributed by atoms with Crippen LogP contribution in [0.3, 0.4) is 0 Å². The van der Waals surface area contributed by atoms with Crippen molar-refractivity contribution in [1.29, 1.82) is 0 Å². The molecule has 0 atom stereocenters. The van der Waals surface area contributed by atoms with Crippen LogP contribution in [0.4, 0.5) is 0 Å². The molecule has 0 aliphatic carbocycles. The van der Waals surface area contributed by atoms with E-state index in [4.69, 9.17) is 0 Å². The van der Waals surface area contributed by atoms with Gasteiger partial charge in [-0.1, -0.05) is 0 Å². The Morgan fingerprint density at radius 1 is 1.18 bits per heavy atom. The minimum absolute atomic E-state index is 1.20. The van der Waals surface area contributed by atoms with Crippen LogP contribution >= 0.6 is 0 Å². The second kappa shape index (κ2) is 5.48. The number of rotatable bonds is 4. The van der Waals surface area contributed by atoms with E-state index in [0.29, 0.717) is 0 Å². The van der Waals surface area contributed by atoms with E-state index in [1.807, 2.05) is 0 Å². The van der Waals surface area contributed by atoms with E-state index in [0.717, 1.165) is 0 Å². The summed E-state index contributed by atoms with van der Waals surface area (Å²) in [6, 6.07) is 10.6. The van der Waals surface area contributed by atoms with Crippen LogP contribution < -0.4 is 0 Å². The third kappa shape index (κ3) is 3.66. The fourth-order valence-corrected chi connectivity index (χ4v) is 1.45. The first-order valence-electron chi connectivity index (χ1n) is 3.85. The van der Waals surface area contributed by atoms with Crippen LogP contribution in [-0.4, -0.2) is 4.23 Å². The number of hydrogen-bond acceptors (Lipinski definition) is 0. The van der Waals surface area contributed by atoms with Gasteiger partial charge in [0.2, 0.25) is 0 Å². The van der Waals surface area contributed by atoms with Crippen molar-refractivity contribution < 1.29 is 20.6 Å². The number of hydrogen-bond donors (Lipinski definition) is 0. The van der Waals surface area contributed by atoms with Gasteiger partial charge >= 0.3 is 80.0 Å². The van der Waals surface area contributed by atoms with Gasteiger partial charge in [0, 0.05) is 0 Å². The molecule has 0 heterocycles. The fourth-order valence-electron chi connectivity index (χ4n) is 1.01. The summed E-state index contributed by atoms with van der Waals surface area (Å²) in [5, 5.41) is 0. The molecule has 0 N–H and O–H groups in total. The van der Waals surface area contributed by atoms with E-state index in [9.17, 15) is 0 Å². The molecule has 11 heavy (non-hydrogen) atoms. The van der Waals surface area contributed by atoms with Crippen LogP contribution in [0.5, 0.6) is 0 Å². The summed E-state index contributed by atoms with van der Waals surface area (Å²) in [6.07, 6.45) is 3.68. The third-order valence-corrected chi connectivity index (χ3v) is 2.22. The van der Waals surface area contributed by atoms with Gasteiger partial charge in [-0.2, -0.15) is 0 Å². The Morgan fingerprint density at radius 2 is 1.91 bits per heavy atom. The van der Waals surface area contributed by atoms with E-state index < -0.39 is 0 Å². The zero-order valence-electron chi connectivity index (χ0n) is 6.39. The minimum atomic E-state index is 1.20. The van der Waals surface area contributed by atoms with Crippen molar-refractivity contribution in [2.45, 2.75) is 19.3 Å². The first kappa shape index (κ1) is 8.92. The summed E-state index contributed by atoms with van der Waals surface area (Å²) >= 11 is 2.47. The molecule has 1 aromatic rings. The Kier molecular flexibility index (Phi) is 4.44. The molecule has 1 aromatic carbocycles. The van der Waals surface area contributed by atoms with Crippen LogP contribution in [0.25, 0.3) is 0 Å². The van der Waals surface area contributed by atoms with E-state index in [1.165, 1.54) is 24.8 Å². The summed E-state index contributed by atoms with van der Waals surface area (Å²) < 4.78 is 2.17. The number of unbranched alkanes of at least 4 members (excludes halogenated alkanes) is 1. The first-order valence-corrected chi connectivity index (χ1v) is 5.10. The van der Waals surface area contributed by atoms with Crippen LogP contribution in [0.2, 0.25) is 0 Å². The number of benzene rings is 1. The fraction of sp³-hybridized carbons (Fsp3) is 0.300. The standard InChI is InChI=1S/C10H12.Au/c1-2-3-7-10-8-5-4-6-9-10;/h1,4-6,8-9H,2-3,7H2;.